The summed E-state index contributed by atoms with van der Waals surface area (Å²) in [6, 6.07) is 23.1. The number of thioether (sulfide) groups is 1. The summed E-state index contributed by atoms with van der Waals surface area (Å²) in [5, 5.41) is 21.6. The lowest BCUT2D eigenvalue weighted by molar-refractivity contribution is -0.127. The van der Waals surface area contributed by atoms with Crippen LogP contribution in [0.25, 0.3) is 0 Å². The van der Waals surface area contributed by atoms with Gasteiger partial charge in [0.25, 0.3) is 0 Å². The van der Waals surface area contributed by atoms with Crippen LogP contribution in [0.4, 0.5) is 15.8 Å². The van der Waals surface area contributed by atoms with Crippen molar-refractivity contribution in [2.75, 3.05) is 5.32 Å². The van der Waals surface area contributed by atoms with Gasteiger partial charge < -0.3 is 15.7 Å². The quantitative estimate of drug-likeness (QED) is 0.267. The zero-order chi connectivity index (χ0) is 24.4. The third kappa shape index (κ3) is 4.95. The summed E-state index contributed by atoms with van der Waals surface area (Å²) < 4.78 is 13.3. The minimum Gasteiger partial charge on any atom is -0.391 e. The third-order valence-corrected chi connectivity index (χ3v) is 8.57. The first-order chi connectivity index (χ1) is 16.9. The number of nitrogens with one attached hydrogen (secondary N) is 2. The van der Waals surface area contributed by atoms with E-state index in [0.29, 0.717) is 11.4 Å². The minimum atomic E-state index is -0.904. The van der Waals surface area contributed by atoms with Crippen LogP contribution < -0.4 is 10.6 Å². The minimum absolute atomic E-state index is 0.253. The molecule has 1 fully saturated rings. The maximum Gasteiger partial charge on any atom is 0.237 e. The molecule has 0 radical (unpaired) electrons. The number of carbonyl (C=O) groups is 1. The Morgan fingerprint density at radius 2 is 1.83 bits per heavy atom. The molecule has 0 bridgehead atoms. The first-order valence-electron chi connectivity index (χ1n) is 11.0. The molecule has 4 aromatic rings. The summed E-state index contributed by atoms with van der Waals surface area (Å²) in [5.74, 6) is -0.555. The number of amides is 1. The second kappa shape index (κ2) is 10.0. The molecule has 1 aromatic heterocycles. The largest absolute Gasteiger partial charge is 0.391 e. The first-order valence-corrected chi connectivity index (χ1v) is 13.2. The van der Waals surface area contributed by atoms with E-state index in [1.54, 1.807) is 18.2 Å². The van der Waals surface area contributed by atoms with Gasteiger partial charge in [-0.25, -0.2) is 4.39 Å². The molecule has 3 N–H and O–H groups in total. The Labute approximate surface area is 216 Å². The second-order valence-corrected chi connectivity index (χ2v) is 10.7. The van der Waals surface area contributed by atoms with Crippen molar-refractivity contribution < 1.29 is 14.3 Å². The van der Waals surface area contributed by atoms with Crippen LogP contribution in [0.1, 0.15) is 17.5 Å². The molecule has 3 unspecified atom stereocenters. The molecule has 1 amide bonds. The van der Waals surface area contributed by atoms with E-state index in [9.17, 15) is 14.3 Å². The summed E-state index contributed by atoms with van der Waals surface area (Å²) in [5.41, 5.74) is 2.40. The van der Waals surface area contributed by atoms with E-state index in [2.05, 4.69) is 10.6 Å². The lowest BCUT2D eigenvalue weighted by Gasteiger charge is -2.43. The highest BCUT2D eigenvalue weighted by Crippen LogP contribution is 2.43. The molecular weight excluding hydrogens is 503 g/mol. The molecule has 35 heavy (non-hydrogen) atoms. The fourth-order valence-corrected chi connectivity index (χ4v) is 6.38. The van der Waals surface area contributed by atoms with Gasteiger partial charge in [0.15, 0.2) is 0 Å². The van der Waals surface area contributed by atoms with E-state index < -0.39 is 16.9 Å². The van der Waals surface area contributed by atoms with E-state index in [0.717, 1.165) is 27.4 Å². The van der Waals surface area contributed by atoms with Crippen molar-refractivity contribution in [1.29, 1.82) is 0 Å². The van der Waals surface area contributed by atoms with Crippen LogP contribution in [0, 0.1) is 5.82 Å². The zero-order valence-corrected chi connectivity index (χ0v) is 20.8. The van der Waals surface area contributed by atoms with Crippen molar-refractivity contribution in [3.05, 3.63) is 112 Å². The molecule has 5 rings (SSSR count). The predicted octanol–water partition coefficient (Wildman–Crippen LogP) is 6.57. The molecule has 0 spiro atoms. The van der Waals surface area contributed by atoms with Gasteiger partial charge in [-0.2, -0.15) is 11.3 Å². The van der Waals surface area contributed by atoms with Crippen molar-refractivity contribution in [1.82, 2.24) is 5.32 Å². The maximum absolute atomic E-state index is 13.4. The Kier molecular flexibility index (Phi) is 6.84. The fourth-order valence-electron chi connectivity index (χ4n) is 4.35. The Morgan fingerprint density at radius 3 is 2.54 bits per heavy atom. The van der Waals surface area contributed by atoms with Gasteiger partial charge in [-0.15, -0.1) is 11.8 Å². The average Bonchev–Trinajstić information content (AvgIpc) is 3.40. The van der Waals surface area contributed by atoms with Crippen LogP contribution in [0.5, 0.6) is 0 Å². The number of aliphatic hydroxyl groups is 1. The third-order valence-electron chi connectivity index (χ3n) is 6.05. The van der Waals surface area contributed by atoms with E-state index >= 15 is 0 Å². The van der Waals surface area contributed by atoms with Crippen LogP contribution in [0.3, 0.4) is 0 Å². The van der Waals surface area contributed by atoms with Gasteiger partial charge in [-0.05, 0) is 76.5 Å². The predicted molar refractivity (Wildman–Crippen MR) is 141 cm³/mol. The molecule has 2 heterocycles. The molecule has 0 aliphatic carbocycles. The number of piperidine rings is 1. The van der Waals surface area contributed by atoms with Crippen LogP contribution in [0.15, 0.2) is 94.5 Å². The summed E-state index contributed by atoms with van der Waals surface area (Å²) in [7, 11) is 0. The average molecular weight is 525 g/mol. The van der Waals surface area contributed by atoms with Gasteiger partial charge >= 0.3 is 0 Å². The molecule has 178 valence electrons. The number of hydrogen-bond donors (Lipinski definition) is 3. The van der Waals surface area contributed by atoms with Crippen LogP contribution in [0.2, 0.25) is 5.02 Å². The van der Waals surface area contributed by atoms with Crippen molar-refractivity contribution in [3.63, 3.8) is 0 Å². The van der Waals surface area contributed by atoms with E-state index in [1.807, 2.05) is 59.3 Å². The number of benzene rings is 3. The molecule has 3 atom stereocenters. The van der Waals surface area contributed by atoms with Crippen molar-refractivity contribution in [2.24, 2.45) is 0 Å². The van der Waals surface area contributed by atoms with Gasteiger partial charge in [0.1, 0.15) is 11.1 Å². The van der Waals surface area contributed by atoms with Gasteiger partial charge in [0.05, 0.1) is 16.7 Å². The first kappa shape index (κ1) is 23.9. The Morgan fingerprint density at radius 1 is 1.03 bits per heavy atom. The van der Waals surface area contributed by atoms with E-state index in [1.165, 1.54) is 35.2 Å². The van der Waals surface area contributed by atoms with Gasteiger partial charge in [0.2, 0.25) is 5.91 Å². The number of carbonyl (C=O) groups excluding carboxylic acids is 1. The topological polar surface area (TPSA) is 61.4 Å². The second-order valence-electron chi connectivity index (χ2n) is 8.36. The van der Waals surface area contributed by atoms with E-state index in [4.69, 9.17) is 11.6 Å². The molecule has 4 nitrogen and oxygen atoms in total. The molecule has 0 saturated carbocycles. The summed E-state index contributed by atoms with van der Waals surface area (Å²) in [6.45, 7) is 0. The molecule has 1 aliphatic heterocycles. The lowest BCUT2D eigenvalue weighted by Crippen LogP contribution is -2.59. The smallest absolute Gasteiger partial charge is 0.237 e. The van der Waals surface area contributed by atoms with Crippen LogP contribution in [-0.2, 0) is 10.3 Å². The highest BCUT2D eigenvalue weighted by atomic mass is 35.5. The molecule has 8 heteroatoms. The van der Waals surface area contributed by atoms with Crippen molar-refractivity contribution in [2.45, 2.75) is 28.2 Å². The van der Waals surface area contributed by atoms with Gasteiger partial charge in [0, 0.05) is 22.7 Å². The lowest BCUT2D eigenvalue weighted by atomic mass is 9.76. The number of halogens is 2. The summed E-state index contributed by atoms with van der Waals surface area (Å²) >= 11 is 9.11. The number of thiophene rings is 1. The monoisotopic (exact) mass is 524 g/mol. The highest BCUT2D eigenvalue weighted by molar-refractivity contribution is 8.00. The normalized spacial score (nSPS) is 22.0. The van der Waals surface area contributed by atoms with Crippen molar-refractivity contribution >= 4 is 52.0 Å². The molecule has 1 saturated heterocycles. The van der Waals surface area contributed by atoms with Gasteiger partial charge in [-0.1, -0.05) is 35.9 Å². The Hall–Kier alpha value is -2.84. The summed E-state index contributed by atoms with van der Waals surface area (Å²) in [4.78, 5) is 14.2. The van der Waals surface area contributed by atoms with Crippen LogP contribution in [-0.4, -0.2) is 22.4 Å². The highest BCUT2D eigenvalue weighted by Gasteiger charge is 2.47. The van der Waals surface area contributed by atoms with Gasteiger partial charge in [-0.3, -0.25) is 4.79 Å². The molecular formula is C27H22ClFN2O2S2. The standard InChI is InChI=1S/C27H22ClFN2O2S2/c28-22-6-1-2-7-24(22)35-25-23(32)15-27(31-26(25)33,18-12-13-34-16-18)17-4-3-5-21(14-17)30-20-10-8-19(29)9-11-20/h1-14,16,23,25,30,32H,15H2,(H,31,33). The Balaban J connectivity index is 1.47. The maximum atomic E-state index is 13.4. The van der Waals surface area contributed by atoms with Crippen LogP contribution >= 0.6 is 34.7 Å². The number of aliphatic hydroxyl groups excluding tert-OH is 1. The number of rotatable bonds is 6. The van der Waals surface area contributed by atoms with Crippen molar-refractivity contribution in [3.8, 4) is 0 Å². The van der Waals surface area contributed by atoms with E-state index in [-0.39, 0.29) is 11.7 Å². The molecule has 1 aliphatic rings. The summed E-state index contributed by atoms with van der Waals surface area (Å²) in [6.07, 6.45) is -0.601. The number of hydrogen-bond acceptors (Lipinski definition) is 5. The zero-order valence-electron chi connectivity index (χ0n) is 18.4. The fraction of sp³-hybridized carbons (Fsp3) is 0.148. The SMILES string of the molecule is O=C1NC(c2ccsc2)(c2cccc(Nc3ccc(F)cc3)c2)CC(O)C1Sc1ccccc1Cl. The molecule has 3 aromatic carbocycles. The Bertz CT molecular complexity index is 1330. The number of anilines is 2.